The minimum absolute atomic E-state index is 0.851. The first kappa shape index (κ1) is 6.24. The molecule has 2 nitrogen and oxygen atoms in total. The van der Waals surface area contributed by atoms with Crippen molar-refractivity contribution >= 4 is 11.8 Å². The summed E-state index contributed by atoms with van der Waals surface area (Å²) in [6.07, 6.45) is 3.49. The molecule has 0 radical (unpaired) electrons. The van der Waals surface area contributed by atoms with Crippen molar-refractivity contribution in [2.45, 2.75) is 12.1 Å². The van der Waals surface area contributed by atoms with E-state index < -0.39 is 0 Å². The molecule has 1 aromatic heterocycles. The lowest BCUT2D eigenvalue weighted by Gasteiger charge is -1.79. The highest BCUT2D eigenvalue weighted by Crippen LogP contribution is 2.07. The van der Waals surface area contributed by atoms with Gasteiger partial charge in [0.25, 0.3) is 0 Å². The molecule has 1 N–H and O–H groups in total. The number of imidazole rings is 1. The highest BCUT2D eigenvalue weighted by molar-refractivity contribution is 8.03. The van der Waals surface area contributed by atoms with Crippen LogP contribution in [-0.2, 0) is 0 Å². The molecule has 0 aliphatic carbocycles. The van der Waals surface area contributed by atoms with Crippen molar-refractivity contribution in [2.75, 3.05) is 0 Å². The maximum Gasteiger partial charge on any atom is 0.178 e. The zero-order chi connectivity index (χ0) is 6.53. The fourth-order valence-corrected chi connectivity index (χ4v) is 0.845. The largest absolute Gasteiger partial charge is 0.339 e. The molecule has 0 atom stereocenters. The molecule has 3 heteroatoms. The van der Waals surface area contributed by atoms with Crippen LogP contribution in [0.1, 0.15) is 6.92 Å². The summed E-state index contributed by atoms with van der Waals surface area (Å²) in [6, 6.07) is 0. The third-order valence-electron chi connectivity index (χ3n) is 0.723. The molecule has 0 fully saturated rings. The molecule has 1 aromatic rings. The molecule has 1 rings (SSSR count). The van der Waals surface area contributed by atoms with Crippen LogP contribution >= 0.6 is 11.8 Å². The fraction of sp³-hybridized carbons (Fsp3) is 0.167. The van der Waals surface area contributed by atoms with E-state index >= 15 is 0 Å². The van der Waals surface area contributed by atoms with E-state index in [-0.39, 0.29) is 0 Å². The number of hydrogen-bond acceptors (Lipinski definition) is 2. The Kier molecular flexibility index (Phi) is 2.22. The Morgan fingerprint density at radius 2 is 2.67 bits per heavy atom. The molecule has 0 spiro atoms. The van der Waals surface area contributed by atoms with E-state index in [0.29, 0.717) is 0 Å². The first-order chi connectivity index (χ1) is 4.43. The molecule has 46 valence electrons. The van der Waals surface area contributed by atoms with Crippen molar-refractivity contribution in [1.29, 1.82) is 0 Å². The van der Waals surface area contributed by atoms with E-state index in [1.165, 1.54) is 11.8 Å². The van der Waals surface area contributed by atoms with Crippen LogP contribution in [0, 0.1) is 11.2 Å². The van der Waals surface area contributed by atoms with Crippen LogP contribution in [-0.4, -0.2) is 9.97 Å². The predicted octanol–water partition coefficient (Wildman–Crippen LogP) is 1.48. The van der Waals surface area contributed by atoms with E-state index in [4.69, 9.17) is 0 Å². The topological polar surface area (TPSA) is 28.7 Å². The zero-order valence-corrected chi connectivity index (χ0v) is 5.83. The number of rotatable bonds is 1. The van der Waals surface area contributed by atoms with Gasteiger partial charge in [-0.3, -0.25) is 0 Å². The van der Waals surface area contributed by atoms with Crippen molar-refractivity contribution in [1.82, 2.24) is 9.97 Å². The van der Waals surface area contributed by atoms with E-state index in [1.54, 1.807) is 19.3 Å². The molecule has 1 heterocycles. The lowest BCUT2D eigenvalue weighted by Crippen LogP contribution is -1.66. The van der Waals surface area contributed by atoms with Crippen LogP contribution in [0.15, 0.2) is 17.6 Å². The quantitative estimate of drug-likeness (QED) is 0.470. The Balaban J connectivity index is 2.54. The minimum atomic E-state index is 0.851. The van der Waals surface area contributed by atoms with Crippen molar-refractivity contribution in [3.63, 3.8) is 0 Å². The molecule has 0 unspecified atom stereocenters. The van der Waals surface area contributed by atoms with Crippen LogP contribution in [0.4, 0.5) is 0 Å². The molecule has 0 aromatic carbocycles. The summed E-state index contributed by atoms with van der Waals surface area (Å²) in [6.45, 7) is 1.80. The molecule has 0 aliphatic heterocycles. The van der Waals surface area contributed by atoms with E-state index in [1.807, 2.05) is 0 Å². The molecular formula is C6H6N2S. The average Bonchev–Trinajstić information content (AvgIpc) is 2.34. The van der Waals surface area contributed by atoms with Gasteiger partial charge in [-0.1, -0.05) is 5.92 Å². The smallest absolute Gasteiger partial charge is 0.178 e. The van der Waals surface area contributed by atoms with Crippen molar-refractivity contribution in [2.24, 2.45) is 0 Å². The summed E-state index contributed by atoms with van der Waals surface area (Å²) in [5.41, 5.74) is 0. The SMILES string of the molecule is CC#CSc1ncc[nH]1. The third-order valence-corrected chi connectivity index (χ3v) is 1.45. The summed E-state index contributed by atoms with van der Waals surface area (Å²) in [4.78, 5) is 6.88. The van der Waals surface area contributed by atoms with Crippen molar-refractivity contribution in [3.05, 3.63) is 12.4 Å². The van der Waals surface area contributed by atoms with Crippen LogP contribution in [0.5, 0.6) is 0 Å². The summed E-state index contributed by atoms with van der Waals surface area (Å²) >= 11 is 1.40. The lowest BCUT2D eigenvalue weighted by molar-refractivity contribution is 1.07. The highest BCUT2D eigenvalue weighted by Gasteiger charge is 1.87. The predicted molar refractivity (Wildman–Crippen MR) is 37.9 cm³/mol. The van der Waals surface area contributed by atoms with Gasteiger partial charge in [0.15, 0.2) is 5.16 Å². The summed E-state index contributed by atoms with van der Waals surface area (Å²) < 4.78 is 0. The first-order valence-electron chi connectivity index (χ1n) is 2.51. The van der Waals surface area contributed by atoms with Crippen LogP contribution in [0.25, 0.3) is 0 Å². The van der Waals surface area contributed by atoms with Gasteiger partial charge in [0.2, 0.25) is 0 Å². The normalized spacial score (nSPS) is 8.11. The van der Waals surface area contributed by atoms with Gasteiger partial charge >= 0.3 is 0 Å². The minimum Gasteiger partial charge on any atom is -0.339 e. The average molecular weight is 138 g/mol. The lowest BCUT2D eigenvalue weighted by atomic mass is 10.9. The van der Waals surface area contributed by atoms with E-state index in [0.717, 1.165) is 5.16 Å². The van der Waals surface area contributed by atoms with Crippen LogP contribution in [0.3, 0.4) is 0 Å². The second-order valence-electron chi connectivity index (χ2n) is 1.35. The maximum atomic E-state index is 3.96. The number of nitrogens with one attached hydrogen (secondary N) is 1. The molecule has 0 saturated carbocycles. The molecular weight excluding hydrogens is 132 g/mol. The molecule has 0 amide bonds. The fourth-order valence-electron chi connectivity index (χ4n) is 0.406. The monoisotopic (exact) mass is 138 g/mol. The number of H-pyrrole nitrogens is 1. The van der Waals surface area contributed by atoms with Gasteiger partial charge in [-0.05, 0) is 12.2 Å². The van der Waals surface area contributed by atoms with E-state index in [2.05, 4.69) is 21.1 Å². The Morgan fingerprint density at radius 3 is 3.22 bits per heavy atom. The summed E-state index contributed by atoms with van der Waals surface area (Å²) in [5, 5.41) is 3.67. The second-order valence-corrected chi connectivity index (χ2v) is 2.14. The maximum absolute atomic E-state index is 3.96. The second kappa shape index (κ2) is 3.21. The van der Waals surface area contributed by atoms with Gasteiger partial charge in [-0.25, -0.2) is 4.98 Å². The Labute approximate surface area is 58.1 Å². The van der Waals surface area contributed by atoms with Crippen molar-refractivity contribution in [3.8, 4) is 11.2 Å². The van der Waals surface area contributed by atoms with Crippen LogP contribution in [0.2, 0.25) is 0 Å². The van der Waals surface area contributed by atoms with Gasteiger partial charge < -0.3 is 4.98 Å². The van der Waals surface area contributed by atoms with Crippen molar-refractivity contribution < 1.29 is 0 Å². The van der Waals surface area contributed by atoms with E-state index in [9.17, 15) is 0 Å². The van der Waals surface area contributed by atoms with Gasteiger partial charge in [0.1, 0.15) is 0 Å². The first-order valence-corrected chi connectivity index (χ1v) is 3.33. The van der Waals surface area contributed by atoms with Gasteiger partial charge in [-0.15, -0.1) is 0 Å². The van der Waals surface area contributed by atoms with Gasteiger partial charge in [0.05, 0.1) is 0 Å². The number of aromatic nitrogens is 2. The molecule has 0 aliphatic rings. The van der Waals surface area contributed by atoms with Crippen LogP contribution < -0.4 is 0 Å². The summed E-state index contributed by atoms with van der Waals surface area (Å²) in [7, 11) is 0. The number of nitrogens with zero attached hydrogens (tertiary/aromatic N) is 1. The Hall–Kier alpha value is -0.880. The highest BCUT2D eigenvalue weighted by atomic mass is 32.2. The number of aromatic amines is 1. The van der Waals surface area contributed by atoms with Gasteiger partial charge in [0, 0.05) is 24.2 Å². The third kappa shape index (κ3) is 1.82. The Bertz CT molecular complexity index is 217. The number of hydrogen-bond donors (Lipinski definition) is 1. The molecule has 9 heavy (non-hydrogen) atoms. The van der Waals surface area contributed by atoms with Gasteiger partial charge in [-0.2, -0.15) is 0 Å². The Morgan fingerprint density at radius 1 is 1.78 bits per heavy atom. The number of thioether (sulfide) groups is 1. The molecule has 0 bridgehead atoms. The summed E-state index contributed by atoms with van der Waals surface area (Å²) in [5.74, 6) is 2.76. The standard InChI is InChI=1S/C6H6N2S/c1-2-5-9-6-7-3-4-8-6/h3-4H,1H3,(H,7,8). The molecule has 0 saturated heterocycles. The zero-order valence-electron chi connectivity index (χ0n) is 5.01.